The molecule has 28 heavy (non-hydrogen) atoms. The van der Waals surface area contributed by atoms with Gasteiger partial charge in [0.2, 0.25) is 0 Å². The number of hydrogen-bond acceptors (Lipinski definition) is 6. The maximum absolute atomic E-state index is 12.3. The van der Waals surface area contributed by atoms with Gasteiger partial charge >= 0.3 is 17.8 Å². The minimum absolute atomic E-state index is 0.233. The van der Waals surface area contributed by atoms with Gasteiger partial charge in [-0.15, -0.1) is 11.3 Å². The topological polar surface area (TPSA) is 96.9 Å². The van der Waals surface area contributed by atoms with Crippen molar-refractivity contribution in [3.05, 3.63) is 50.9 Å². The molecule has 0 fully saturated rings. The van der Waals surface area contributed by atoms with Crippen LogP contribution in [-0.2, 0) is 27.2 Å². The van der Waals surface area contributed by atoms with Gasteiger partial charge in [0.05, 0.1) is 18.4 Å². The number of halogens is 1. The predicted octanol–water partition coefficient (Wildman–Crippen LogP) is 3.16. The standard InChI is InChI=1S/C19H18ClN3O4S/c1-2-27-19(26)15-13-4-3-5-14(13)28-18(15)22-16(24)17(25)23-21-10-11-6-8-12(20)9-7-11/h6-10H,2-5H2,1H3,(H,22,24)(H,23,25)/b21-10+. The summed E-state index contributed by atoms with van der Waals surface area (Å²) in [5.41, 5.74) is 4.13. The van der Waals surface area contributed by atoms with Gasteiger partial charge < -0.3 is 10.1 Å². The predicted molar refractivity (Wildman–Crippen MR) is 108 cm³/mol. The summed E-state index contributed by atoms with van der Waals surface area (Å²) in [6.45, 7) is 1.95. The normalized spacial score (nSPS) is 12.6. The van der Waals surface area contributed by atoms with E-state index in [1.807, 2.05) is 0 Å². The summed E-state index contributed by atoms with van der Waals surface area (Å²) in [4.78, 5) is 37.5. The van der Waals surface area contributed by atoms with Crippen LogP contribution in [-0.4, -0.2) is 30.6 Å². The van der Waals surface area contributed by atoms with Crippen molar-refractivity contribution < 1.29 is 19.1 Å². The third kappa shape index (κ3) is 4.58. The maximum Gasteiger partial charge on any atom is 0.341 e. The third-order valence-electron chi connectivity index (χ3n) is 4.08. The van der Waals surface area contributed by atoms with Gasteiger partial charge in [-0.25, -0.2) is 10.2 Å². The molecule has 0 unspecified atom stereocenters. The largest absolute Gasteiger partial charge is 0.462 e. The number of aryl methyl sites for hydroxylation is 1. The highest BCUT2D eigenvalue weighted by atomic mass is 35.5. The van der Waals surface area contributed by atoms with Crippen molar-refractivity contribution in [1.29, 1.82) is 0 Å². The van der Waals surface area contributed by atoms with Gasteiger partial charge in [0.15, 0.2) is 0 Å². The van der Waals surface area contributed by atoms with E-state index >= 15 is 0 Å². The van der Waals surface area contributed by atoms with Crippen molar-refractivity contribution in [2.24, 2.45) is 5.10 Å². The first-order valence-electron chi connectivity index (χ1n) is 8.71. The lowest BCUT2D eigenvalue weighted by Crippen LogP contribution is -2.32. The Morgan fingerprint density at radius 1 is 1.21 bits per heavy atom. The first-order valence-corrected chi connectivity index (χ1v) is 9.90. The van der Waals surface area contributed by atoms with Crippen LogP contribution in [0.25, 0.3) is 0 Å². The Labute approximate surface area is 170 Å². The summed E-state index contributed by atoms with van der Waals surface area (Å²) in [5, 5.41) is 7.19. The van der Waals surface area contributed by atoms with Crippen LogP contribution in [0.15, 0.2) is 29.4 Å². The number of carbonyl (C=O) groups is 3. The first kappa shape index (κ1) is 20.0. The van der Waals surface area contributed by atoms with Crippen LogP contribution < -0.4 is 10.7 Å². The molecule has 0 saturated carbocycles. The number of nitrogens with zero attached hydrogens (tertiary/aromatic N) is 1. The Hall–Kier alpha value is -2.71. The van der Waals surface area contributed by atoms with Crippen molar-refractivity contribution in [3.8, 4) is 0 Å². The molecule has 0 atom stereocenters. The number of carbonyl (C=O) groups excluding carboxylic acids is 3. The third-order valence-corrected chi connectivity index (χ3v) is 5.54. The molecule has 146 valence electrons. The number of thiophene rings is 1. The second-order valence-corrected chi connectivity index (χ2v) is 7.53. The van der Waals surface area contributed by atoms with Gasteiger partial charge in [-0.2, -0.15) is 5.10 Å². The van der Waals surface area contributed by atoms with Crippen LogP contribution >= 0.6 is 22.9 Å². The summed E-state index contributed by atoms with van der Waals surface area (Å²) in [7, 11) is 0. The van der Waals surface area contributed by atoms with E-state index in [0.717, 1.165) is 29.7 Å². The van der Waals surface area contributed by atoms with E-state index < -0.39 is 17.8 Å². The molecule has 1 aliphatic rings. The van der Waals surface area contributed by atoms with Crippen molar-refractivity contribution in [1.82, 2.24) is 5.43 Å². The lowest BCUT2D eigenvalue weighted by atomic mass is 10.1. The number of esters is 1. The minimum atomic E-state index is -0.936. The Morgan fingerprint density at radius 3 is 2.68 bits per heavy atom. The van der Waals surface area contributed by atoms with E-state index in [1.54, 1.807) is 31.2 Å². The fourth-order valence-corrected chi connectivity index (χ4v) is 4.23. The van der Waals surface area contributed by atoms with Crippen LogP contribution in [0.5, 0.6) is 0 Å². The molecule has 0 aliphatic heterocycles. The summed E-state index contributed by atoms with van der Waals surface area (Å²) in [6, 6.07) is 6.81. The van der Waals surface area contributed by atoms with Crippen LogP contribution in [0.4, 0.5) is 5.00 Å². The highest BCUT2D eigenvalue weighted by molar-refractivity contribution is 7.17. The molecule has 3 rings (SSSR count). The van der Waals surface area contributed by atoms with E-state index in [4.69, 9.17) is 16.3 Å². The molecule has 7 nitrogen and oxygen atoms in total. The van der Waals surface area contributed by atoms with Gasteiger partial charge in [-0.1, -0.05) is 23.7 Å². The quantitative estimate of drug-likeness (QED) is 0.336. The number of amides is 2. The highest BCUT2D eigenvalue weighted by Crippen LogP contribution is 2.39. The summed E-state index contributed by atoms with van der Waals surface area (Å²) in [5.74, 6) is -2.33. The SMILES string of the molecule is CCOC(=O)c1c(NC(=O)C(=O)N/N=C/c2ccc(Cl)cc2)sc2c1CCC2. The zero-order chi connectivity index (χ0) is 20.1. The Bertz CT molecular complexity index is 937. The molecule has 1 aliphatic carbocycles. The van der Waals surface area contributed by atoms with Gasteiger partial charge in [0.1, 0.15) is 5.00 Å². The lowest BCUT2D eigenvalue weighted by molar-refractivity contribution is -0.136. The lowest BCUT2D eigenvalue weighted by Gasteiger charge is -2.07. The van der Waals surface area contributed by atoms with Gasteiger partial charge in [0, 0.05) is 9.90 Å². The fourth-order valence-electron chi connectivity index (χ4n) is 2.84. The molecule has 1 heterocycles. The molecular weight excluding hydrogens is 402 g/mol. The number of rotatable bonds is 5. The zero-order valence-corrected chi connectivity index (χ0v) is 16.7. The number of hydrogen-bond donors (Lipinski definition) is 2. The first-order chi connectivity index (χ1) is 13.5. The monoisotopic (exact) mass is 419 g/mol. The van der Waals surface area contributed by atoms with E-state index in [-0.39, 0.29) is 6.61 Å². The number of ether oxygens (including phenoxy) is 1. The second-order valence-electron chi connectivity index (χ2n) is 5.99. The molecule has 0 spiro atoms. The van der Waals surface area contributed by atoms with Crippen molar-refractivity contribution >= 4 is 51.9 Å². The average molecular weight is 420 g/mol. The van der Waals surface area contributed by atoms with Crippen LogP contribution in [0, 0.1) is 0 Å². The maximum atomic E-state index is 12.3. The molecule has 0 saturated heterocycles. The smallest absolute Gasteiger partial charge is 0.341 e. The summed E-state index contributed by atoms with van der Waals surface area (Å²) < 4.78 is 5.10. The Kier molecular flexibility index (Phi) is 6.43. The zero-order valence-electron chi connectivity index (χ0n) is 15.1. The van der Waals surface area contributed by atoms with Gasteiger partial charge in [-0.05, 0) is 49.4 Å². The van der Waals surface area contributed by atoms with Crippen LogP contribution in [0.2, 0.25) is 5.02 Å². The number of fused-ring (bicyclic) bond motifs is 1. The van der Waals surface area contributed by atoms with E-state index in [1.165, 1.54) is 17.6 Å². The Balaban J connectivity index is 1.66. The molecular formula is C19H18ClN3O4S. The number of nitrogens with one attached hydrogen (secondary N) is 2. The van der Waals surface area contributed by atoms with Crippen molar-refractivity contribution in [2.45, 2.75) is 26.2 Å². The fraction of sp³-hybridized carbons (Fsp3) is 0.263. The molecule has 1 aromatic heterocycles. The van der Waals surface area contributed by atoms with E-state index in [2.05, 4.69) is 15.8 Å². The van der Waals surface area contributed by atoms with Crippen LogP contribution in [0.1, 0.15) is 39.7 Å². The molecule has 2 aromatic rings. The number of benzene rings is 1. The second kappa shape index (κ2) is 8.99. The molecule has 0 radical (unpaired) electrons. The Morgan fingerprint density at radius 2 is 1.96 bits per heavy atom. The molecule has 2 amide bonds. The average Bonchev–Trinajstić information content (AvgIpc) is 3.24. The summed E-state index contributed by atoms with van der Waals surface area (Å²) in [6.07, 6.45) is 3.96. The van der Waals surface area contributed by atoms with Gasteiger partial charge in [-0.3, -0.25) is 9.59 Å². The minimum Gasteiger partial charge on any atom is -0.462 e. The van der Waals surface area contributed by atoms with Crippen LogP contribution in [0.3, 0.4) is 0 Å². The van der Waals surface area contributed by atoms with E-state index in [0.29, 0.717) is 21.2 Å². The number of anilines is 1. The molecule has 2 N–H and O–H groups in total. The summed E-state index contributed by atoms with van der Waals surface area (Å²) >= 11 is 7.10. The van der Waals surface area contributed by atoms with Crippen molar-refractivity contribution in [2.75, 3.05) is 11.9 Å². The van der Waals surface area contributed by atoms with Crippen molar-refractivity contribution in [3.63, 3.8) is 0 Å². The number of hydrazone groups is 1. The molecule has 0 bridgehead atoms. The molecule has 1 aromatic carbocycles. The van der Waals surface area contributed by atoms with E-state index in [9.17, 15) is 14.4 Å². The highest BCUT2D eigenvalue weighted by Gasteiger charge is 2.29. The molecule has 9 heteroatoms. The van der Waals surface area contributed by atoms with Gasteiger partial charge in [0.25, 0.3) is 0 Å².